The molecule has 4 aromatic carbocycles. The molecule has 39 heavy (non-hydrogen) atoms. The molecule has 9 aromatic rings. The number of rotatable bonds is 2. The van der Waals surface area contributed by atoms with Gasteiger partial charge in [0.1, 0.15) is 11.4 Å². The van der Waals surface area contributed by atoms with Gasteiger partial charge in [-0.25, -0.2) is 9.97 Å². The number of pyridine rings is 2. The minimum Gasteiger partial charge on any atom is -0.438 e. The van der Waals surface area contributed by atoms with E-state index < -0.39 is 0 Å². The topological polar surface area (TPSA) is 48.8 Å². The molecule has 0 atom stereocenters. The summed E-state index contributed by atoms with van der Waals surface area (Å²) in [4.78, 5) is 9.41. The van der Waals surface area contributed by atoms with Gasteiger partial charge >= 0.3 is 0 Å². The smallest absolute Gasteiger partial charge is 0.227 e. The summed E-state index contributed by atoms with van der Waals surface area (Å²) < 4.78 is 10.8. The first-order valence-corrected chi connectivity index (χ1v) is 13.0. The van der Waals surface area contributed by atoms with Crippen molar-refractivity contribution < 1.29 is 4.42 Å². The van der Waals surface area contributed by atoms with E-state index in [4.69, 9.17) is 9.40 Å². The number of aromatic nitrogens is 4. The van der Waals surface area contributed by atoms with E-state index >= 15 is 0 Å². The van der Waals surface area contributed by atoms with E-state index in [1.807, 2.05) is 24.4 Å². The van der Waals surface area contributed by atoms with Gasteiger partial charge in [-0.05, 0) is 42.5 Å². The van der Waals surface area contributed by atoms with Crippen LogP contribution in [0.25, 0.3) is 77.2 Å². The van der Waals surface area contributed by atoms with Gasteiger partial charge < -0.3 is 8.98 Å². The standard InChI is InChI=1S/C34H20N4O/c1-2-9-21(10-3-1)37-28-15-7-5-12-25(28)32-29(37)17-16-23-22-11-4-6-14-27(22)38(33(23)32)31-19-30-26(20-36-31)24-13-8-18-35-34(24)39-30/h1-20H. The van der Waals surface area contributed by atoms with Crippen molar-refractivity contribution >= 4 is 65.7 Å². The molecule has 5 heteroatoms. The van der Waals surface area contributed by atoms with Crippen LogP contribution >= 0.6 is 0 Å². The lowest BCUT2D eigenvalue weighted by Gasteiger charge is -2.09. The minimum absolute atomic E-state index is 0.627. The van der Waals surface area contributed by atoms with Gasteiger partial charge in [0.25, 0.3) is 0 Å². The molecule has 0 saturated heterocycles. The van der Waals surface area contributed by atoms with Crippen molar-refractivity contribution in [2.45, 2.75) is 0 Å². The van der Waals surface area contributed by atoms with E-state index in [1.165, 1.54) is 27.1 Å². The van der Waals surface area contributed by atoms with E-state index in [1.54, 1.807) is 6.20 Å². The van der Waals surface area contributed by atoms with Crippen molar-refractivity contribution in [3.05, 3.63) is 122 Å². The lowest BCUT2D eigenvalue weighted by atomic mass is 10.1. The highest BCUT2D eigenvalue weighted by atomic mass is 16.3. The lowest BCUT2D eigenvalue weighted by Crippen LogP contribution is -1.97. The van der Waals surface area contributed by atoms with Gasteiger partial charge in [-0.15, -0.1) is 0 Å². The van der Waals surface area contributed by atoms with Crippen LogP contribution in [0.2, 0.25) is 0 Å². The van der Waals surface area contributed by atoms with E-state index in [2.05, 4.69) is 105 Å². The maximum atomic E-state index is 6.17. The maximum Gasteiger partial charge on any atom is 0.227 e. The Hall–Kier alpha value is -5.42. The predicted octanol–water partition coefficient (Wildman–Crippen LogP) is 8.57. The Morgan fingerprint density at radius 1 is 0.538 bits per heavy atom. The van der Waals surface area contributed by atoms with Crippen LogP contribution in [0.5, 0.6) is 0 Å². The molecule has 0 radical (unpaired) electrons. The minimum atomic E-state index is 0.627. The summed E-state index contributed by atoms with van der Waals surface area (Å²) >= 11 is 0. The first-order chi connectivity index (χ1) is 19.4. The molecule has 182 valence electrons. The number of hydrogen-bond acceptors (Lipinski definition) is 3. The summed E-state index contributed by atoms with van der Waals surface area (Å²) in [6.07, 6.45) is 3.66. The Balaban J connectivity index is 1.47. The quantitative estimate of drug-likeness (QED) is 0.239. The van der Waals surface area contributed by atoms with Crippen LogP contribution in [-0.2, 0) is 0 Å². The summed E-state index contributed by atoms with van der Waals surface area (Å²) in [5.41, 5.74) is 7.13. The number of fused-ring (bicyclic) bond motifs is 10. The fourth-order valence-corrected chi connectivity index (χ4v) is 6.22. The second kappa shape index (κ2) is 7.55. The zero-order chi connectivity index (χ0) is 25.5. The molecule has 0 spiro atoms. The van der Waals surface area contributed by atoms with Crippen LogP contribution in [-0.4, -0.2) is 19.1 Å². The molecule has 0 aliphatic carbocycles. The fourth-order valence-electron chi connectivity index (χ4n) is 6.22. The second-order valence-corrected chi connectivity index (χ2v) is 9.89. The summed E-state index contributed by atoms with van der Waals surface area (Å²) in [6.45, 7) is 0. The Bertz CT molecular complexity index is 2390. The molecule has 0 aliphatic heterocycles. The summed E-state index contributed by atoms with van der Waals surface area (Å²) in [6, 6.07) is 38.3. The van der Waals surface area contributed by atoms with Crippen LogP contribution < -0.4 is 0 Å². The van der Waals surface area contributed by atoms with Crippen LogP contribution in [0.1, 0.15) is 0 Å². The number of benzene rings is 4. The third kappa shape index (κ3) is 2.73. The molecule has 0 saturated carbocycles. The summed E-state index contributed by atoms with van der Waals surface area (Å²) in [5.74, 6) is 0.816. The van der Waals surface area contributed by atoms with E-state index in [0.29, 0.717) is 5.71 Å². The molecule has 5 nitrogen and oxygen atoms in total. The van der Waals surface area contributed by atoms with Crippen molar-refractivity contribution in [2.24, 2.45) is 0 Å². The highest BCUT2D eigenvalue weighted by molar-refractivity contribution is 6.26. The summed E-state index contributed by atoms with van der Waals surface area (Å²) in [5, 5.41) is 6.74. The molecule has 0 N–H and O–H groups in total. The van der Waals surface area contributed by atoms with Crippen LogP contribution in [0.15, 0.2) is 126 Å². The van der Waals surface area contributed by atoms with Gasteiger partial charge in [0, 0.05) is 56.5 Å². The van der Waals surface area contributed by atoms with Gasteiger partial charge in [0.15, 0.2) is 0 Å². The van der Waals surface area contributed by atoms with Crippen molar-refractivity contribution in [1.29, 1.82) is 0 Å². The van der Waals surface area contributed by atoms with Crippen LogP contribution in [0.4, 0.5) is 0 Å². The van der Waals surface area contributed by atoms with Crippen molar-refractivity contribution in [1.82, 2.24) is 19.1 Å². The van der Waals surface area contributed by atoms with Crippen LogP contribution in [0, 0.1) is 0 Å². The van der Waals surface area contributed by atoms with Gasteiger partial charge in [-0.3, -0.25) is 4.57 Å². The van der Waals surface area contributed by atoms with Crippen molar-refractivity contribution in [3.63, 3.8) is 0 Å². The highest BCUT2D eigenvalue weighted by Crippen LogP contribution is 2.42. The SMILES string of the molecule is c1ccc(-n2c3ccccc3c3c2ccc2c4ccccc4n(-c4cc5oc6ncccc6c5cn4)c23)cc1. The lowest BCUT2D eigenvalue weighted by molar-refractivity contribution is 0.653. The predicted molar refractivity (Wildman–Crippen MR) is 158 cm³/mol. The highest BCUT2D eigenvalue weighted by Gasteiger charge is 2.21. The average molecular weight is 501 g/mol. The van der Waals surface area contributed by atoms with Gasteiger partial charge in [-0.2, -0.15) is 0 Å². The Morgan fingerprint density at radius 2 is 1.28 bits per heavy atom. The number of furan rings is 1. The van der Waals surface area contributed by atoms with Crippen molar-refractivity contribution in [2.75, 3.05) is 0 Å². The molecule has 9 rings (SSSR count). The largest absolute Gasteiger partial charge is 0.438 e. The molecule has 0 unspecified atom stereocenters. The molecule has 0 amide bonds. The first-order valence-electron chi connectivity index (χ1n) is 13.0. The molecular weight excluding hydrogens is 480 g/mol. The third-order valence-corrected chi connectivity index (χ3v) is 7.83. The second-order valence-electron chi connectivity index (χ2n) is 9.89. The zero-order valence-corrected chi connectivity index (χ0v) is 20.7. The number of para-hydroxylation sites is 3. The van der Waals surface area contributed by atoms with Gasteiger partial charge in [-0.1, -0.05) is 60.7 Å². The average Bonchev–Trinajstić information content (AvgIpc) is 3.64. The Morgan fingerprint density at radius 3 is 2.15 bits per heavy atom. The normalized spacial score (nSPS) is 12.1. The number of hydrogen-bond donors (Lipinski definition) is 0. The van der Waals surface area contributed by atoms with E-state index in [9.17, 15) is 0 Å². The monoisotopic (exact) mass is 500 g/mol. The molecule has 5 heterocycles. The van der Waals surface area contributed by atoms with E-state index in [-0.39, 0.29) is 0 Å². The van der Waals surface area contributed by atoms with Gasteiger partial charge in [0.2, 0.25) is 5.71 Å². The van der Waals surface area contributed by atoms with Crippen molar-refractivity contribution in [3.8, 4) is 11.5 Å². The molecular formula is C34H20N4O. The molecule has 0 aliphatic rings. The maximum absolute atomic E-state index is 6.17. The Labute approximate surface area is 222 Å². The van der Waals surface area contributed by atoms with E-state index in [0.717, 1.165) is 44.4 Å². The molecule has 0 fully saturated rings. The molecule has 0 bridgehead atoms. The van der Waals surface area contributed by atoms with Gasteiger partial charge in [0.05, 0.1) is 22.1 Å². The summed E-state index contributed by atoms with van der Waals surface area (Å²) in [7, 11) is 0. The third-order valence-electron chi connectivity index (χ3n) is 7.83. The van der Waals surface area contributed by atoms with Crippen LogP contribution in [0.3, 0.4) is 0 Å². The fraction of sp³-hybridized carbons (Fsp3) is 0. The molecule has 5 aromatic heterocycles. The zero-order valence-electron chi connectivity index (χ0n) is 20.7. The number of nitrogens with zero attached hydrogens (tertiary/aromatic N) is 4. The first kappa shape index (κ1) is 20.6. The Kier molecular flexibility index (Phi) is 3.99.